The number of carbonyl (C=O) groups is 2. The van der Waals surface area contributed by atoms with E-state index in [1.54, 1.807) is 31.3 Å². The van der Waals surface area contributed by atoms with Gasteiger partial charge in [0, 0.05) is 70.8 Å². The molecule has 0 unspecified atom stereocenters. The molecule has 8 nitrogen and oxygen atoms in total. The van der Waals surface area contributed by atoms with Gasteiger partial charge in [-0.05, 0) is 38.8 Å². The lowest BCUT2D eigenvalue weighted by Crippen LogP contribution is -2.43. The molecule has 0 aliphatic carbocycles. The van der Waals surface area contributed by atoms with Crippen LogP contribution >= 0.6 is 0 Å². The molecule has 0 spiro atoms. The number of amides is 1. The van der Waals surface area contributed by atoms with E-state index in [-0.39, 0.29) is 11.8 Å². The van der Waals surface area contributed by atoms with Gasteiger partial charge in [-0.2, -0.15) is 0 Å². The van der Waals surface area contributed by atoms with Crippen molar-refractivity contribution in [3.05, 3.63) is 41.6 Å². The molecule has 1 amide bonds. The lowest BCUT2D eigenvalue weighted by atomic mass is 9.95. The van der Waals surface area contributed by atoms with E-state index in [9.17, 15) is 14.0 Å². The molecule has 0 bridgehead atoms. The molecule has 0 N–H and O–H groups in total. The van der Waals surface area contributed by atoms with Crippen LogP contribution in [-0.4, -0.2) is 71.7 Å². The number of hydrogen-bond acceptors (Lipinski definition) is 6. The summed E-state index contributed by atoms with van der Waals surface area (Å²) in [5, 5.41) is 0. The number of nitrogens with zero attached hydrogens (tertiary/aromatic N) is 6. The zero-order valence-electron chi connectivity index (χ0n) is 19.7. The zero-order chi connectivity index (χ0) is 23.8. The predicted molar refractivity (Wildman–Crippen MR) is 126 cm³/mol. The molecule has 4 rings (SSSR count). The first kappa shape index (κ1) is 22.9. The van der Waals surface area contributed by atoms with Crippen LogP contribution in [0.5, 0.6) is 0 Å². The molecular formula is C24H31FN6O2. The monoisotopic (exact) mass is 454 g/mol. The topological polar surface area (TPSA) is 74.0 Å². The van der Waals surface area contributed by atoms with E-state index >= 15 is 0 Å². The van der Waals surface area contributed by atoms with Crippen LogP contribution in [0.1, 0.15) is 48.8 Å². The fourth-order valence-electron chi connectivity index (χ4n) is 4.47. The standard InChI is InChI=1S/C24H31FN6O2/c1-5-28-12-13-31(19-6-9-30(17(2)32)21(15-19)26-4)22-20(28)14-18(16-27-22)23(33)29-10-7-24(3,25)8-11-29/h6,9,14-16H,5,7-8,10-13H2,1-4H3. The summed E-state index contributed by atoms with van der Waals surface area (Å²) in [6.45, 7) is 8.28. The molecule has 0 saturated carbocycles. The molecule has 33 heavy (non-hydrogen) atoms. The zero-order valence-corrected chi connectivity index (χ0v) is 19.7. The molecule has 0 radical (unpaired) electrons. The molecular weight excluding hydrogens is 423 g/mol. The van der Waals surface area contributed by atoms with Gasteiger partial charge in [0.2, 0.25) is 5.91 Å². The average molecular weight is 455 g/mol. The van der Waals surface area contributed by atoms with Crippen LogP contribution in [-0.2, 0) is 0 Å². The Labute approximate surface area is 193 Å². The van der Waals surface area contributed by atoms with Crippen LogP contribution in [0.4, 0.5) is 21.6 Å². The van der Waals surface area contributed by atoms with Gasteiger partial charge in [-0.25, -0.2) is 9.37 Å². The van der Waals surface area contributed by atoms with Gasteiger partial charge >= 0.3 is 0 Å². The minimum Gasteiger partial charge on any atom is -0.367 e. The Bertz CT molecular complexity index is 1130. The molecule has 0 atom stereocenters. The average Bonchev–Trinajstić information content (AvgIpc) is 2.82. The number of hydrogen-bond donors (Lipinski definition) is 0. The Hall–Kier alpha value is -3.23. The third-order valence-corrected chi connectivity index (χ3v) is 6.56. The molecule has 2 aromatic rings. The second kappa shape index (κ2) is 8.96. The first-order valence-corrected chi connectivity index (χ1v) is 11.4. The predicted octanol–water partition coefficient (Wildman–Crippen LogP) is 3.02. The van der Waals surface area contributed by atoms with Crippen molar-refractivity contribution in [2.24, 2.45) is 4.99 Å². The number of rotatable bonds is 3. The highest BCUT2D eigenvalue weighted by Gasteiger charge is 2.33. The summed E-state index contributed by atoms with van der Waals surface area (Å²) >= 11 is 0. The molecule has 176 valence electrons. The maximum atomic E-state index is 14.2. The summed E-state index contributed by atoms with van der Waals surface area (Å²) in [5.74, 6) is 0.547. The van der Waals surface area contributed by atoms with E-state index in [4.69, 9.17) is 4.98 Å². The number of alkyl halides is 1. The first-order valence-electron chi connectivity index (χ1n) is 11.4. The van der Waals surface area contributed by atoms with Gasteiger partial charge in [-0.15, -0.1) is 0 Å². The number of piperidine rings is 1. The van der Waals surface area contributed by atoms with E-state index in [1.807, 2.05) is 18.2 Å². The molecule has 0 aromatic carbocycles. The Morgan fingerprint density at radius 3 is 2.55 bits per heavy atom. The number of halogens is 1. The van der Waals surface area contributed by atoms with Crippen molar-refractivity contribution in [2.75, 3.05) is 49.6 Å². The number of carbonyl (C=O) groups excluding carboxylic acids is 2. The van der Waals surface area contributed by atoms with E-state index < -0.39 is 5.67 Å². The third kappa shape index (κ3) is 4.49. The van der Waals surface area contributed by atoms with Gasteiger partial charge in [0.1, 0.15) is 11.2 Å². The number of fused-ring (bicyclic) bond motifs is 1. The molecule has 2 aliphatic rings. The van der Waals surface area contributed by atoms with Crippen molar-refractivity contribution in [1.29, 1.82) is 0 Å². The number of aromatic nitrogens is 2. The Balaban J connectivity index is 1.67. The Morgan fingerprint density at radius 2 is 1.91 bits per heavy atom. The number of likely N-dealkylation sites (tertiary alicyclic amines) is 1. The Kier molecular flexibility index (Phi) is 6.23. The van der Waals surface area contributed by atoms with Crippen LogP contribution in [0, 0.1) is 0 Å². The summed E-state index contributed by atoms with van der Waals surface area (Å²) in [6, 6.07) is 5.65. The first-order chi connectivity index (χ1) is 15.7. The van der Waals surface area contributed by atoms with Crippen molar-refractivity contribution >= 4 is 29.0 Å². The Morgan fingerprint density at radius 1 is 1.18 bits per heavy atom. The largest absolute Gasteiger partial charge is 0.367 e. The summed E-state index contributed by atoms with van der Waals surface area (Å²) < 4.78 is 15.7. The lowest BCUT2D eigenvalue weighted by Gasteiger charge is -2.38. The second-order valence-electron chi connectivity index (χ2n) is 8.86. The van der Waals surface area contributed by atoms with Crippen LogP contribution in [0.2, 0.25) is 0 Å². The van der Waals surface area contributed by atoms with E-state index in [0.717, 1.165) is 36.8 Å². The van der Waals surface area contributed by atoms with Crippen molar-refractivity contribution in [3.8, 4) is 0 Å². The van der Waals surface area contributed by atoms with E-state index in [2.05, 4.69) is 21.7 Å². The second-order valence-corrected chi connectivity index (χ2v) is 8.86. The van der Waals surface area contributed by atoms with Crippen molar-refractivity contribution in [2.45, 2.75) is 39.3 Å². The quantitative estimate of drug-likeness (QED) is 0.713. The number of anilines is 3. The van der Waals surface area contributed by atoms with Crippen molar-refractivity contribution < 1.29 is 14.0 Å². The van der Waals surface area contributed by atoms with Gasteiger partial charge in [0.15, 0.2) is 5.82 Å². The molecule has 1 saturated heterocycles. The smallest absolute Gasteiger partial charge is 0.255 e. The summed E-state index contributed by atoms with van der Waals surface area (Å²) in [5.41, 5.74) is 1.65. The van der Waals surface area contributed by atoms with Crippen LogP contribution in [0.3, 0.4) is 0 Å². The van der Waals surface area contributed by atoms with Crippen LogP contribution in [0.15, 0.2) is 35.6 Å². The van der Waals surface area contributed by atoms with Crippen molar-refractivity contribution in [1.82, 2.24) is 14.5 Å². The summed E-state index contributed by atoms with van der Waals surface area (Å²) in [7, 11) is 1.66. The minimum absolute atomic E-state index is 0.106. The lowest BCUT2D eigenvalue weighted by molar-refractivity contribution is 0.0503. The number of pyridine rings is 2. The molecule has 2 aromatic heterocycles. The molecule has 4 heterocycles. The van der Waals surface area contributed by atoms with Crippen LogP contribution < -0.4 is 15.3 Å². The van der Waals surface area contributed by atoms with Gasteiger partial charge in [-0.1, -0.05) is 0 Å². The highest BCUT2D eigenvalue weighted by atomic mass is 19.1. The maximum Gasteiger partial charge on any atom is 0.255 e. The van der Waals surface area contributed by atoms with Crippen LogP contribution in [0.25, 0.3) is 0 Å². The third-order valence-electron chi connectivity index (χ3n) is 6.56. The maximum absolute atomic E-state index is 14.2. The highest BCUT2D eigenvalue weighted by Crippen LogP contribution is 2.36. The van der Waals surface area contributed by atoms with E-state index in [1.165, 1.54) is 11.5 Å². The van der Waals surface area contributed by atoms with Gasteiger partial charge in [0.25, 0.3) is 5.91 Å². The van der Waals surface area contributed by atoms with Gasteiger partial charge < -0.3 is 14.7 Å². The van der Waals surface area contributed by atoms with Gasteiger partial charge in [-0.3, -0.25) is 19.1 Å². The fourth-order valence-corrected chi connectivity index (χ4v) is 4.47. The normalized spacial score (nSPS) is 18.3. The van der Waals surface area contributed by atoms with Gasteiger partial charge in [0.05, 0.1) is 11.3 Å². The summed E-state index contributed by atoms with van der Waals surface area (Å²) in [6.07, 6.45) is 4.04. The molecule has 1 fully saturated rings. The number of likely N-dealkylation sites (N-methyl/N-ethyl adjacent to an activating group) is 1. The fraction of sp³-hybridized carbons (Fsp3) is 0.500. The van der Waals surface area contributed by atoms with E-state index in [0.29, 0.717) is 37.0 Å². The minimum atomic E-state index is -1.20. The highest BCUT2D eigenvalue weighted by molar-refractivity contribution is 5.96. The molecule has 9 heteroatoms. The SMILES string of the molecule is CCN1CCN(c2ccn(C(C)=O)c(=NC)c2)c2ncc(C(=O)N3CCC(C)(F)CC3)cc21. The summed E-state index contributed by atoms with van der Waals surface area (Å²) in [4.78, 5) is 39.9. The molecule has 2 aliphatic heterocycles. The van der Waals surface area contributed by atoms with Crippen molar-refractivity contribution in [3.63, 3.8) is 0 Å².